The molecule has 3 aromatic heterocycles. The molecule has 4 heterocycles. The summed E-state index contributed by atoms with van der Waals surface area (Å²) in [6, 6.07) is 0. The third-order valence-corrected chi connectivity index (χ3v) is 5.43. The minimum absolute atomic E-state index is 0.0254. The standard InChI is InChI=1S/C13H15N5OS2/c1-7(2)8-6-20-11(14-8)12-17-18-10(9-4-3-5-19-9)15-16-13(18)21-12/h6-7,9H,3-5H2,1-2H3/t9-/m1/s1. The monoisotopic (exact) mass is 321 g/mol. The zero-order valence-corrected chi connectivity index (χ0v) is 13.4. The molecule has 0 saturated carbocycles. The van der Waals surface area contributed by atoms with Gasteiger partial charge < -0.3 is 4.74 Å². The van der Waals surface area contributed by atoms with Crippen molar-refractivity contribution in [3.63, 3.8) is 0 Å². The van der Waals surface area contributed by atoms with Gasteiger partial charge in [0.05, 0.1) is 5.69 Å². The Balaban J connectivity index is 1.73. The Bertz CT molecular complexity index is 769. The molecule has 1 saturated heterocycles. The topological polar surface area (TPSA) is 65.2 Å². The summed E-state index contributed by atoms with van der Waals surface area (Å²) in [6.07, 6.45) is 2.08. The first-order valence-electron chi connectivity index (χ1n) is 7.02. The van der Waals surface area contributed by atoms with Gasteiger partial charge in [-0.05, 0) is 18.8 Å². The average molecular weight is 321 g/mol. The fourth-order valence-corrected chi connectivity index (χ4v) is 4.21. The number of hydrogen-bond donors (Lipinski definition) is 0. The van der Waals surface area contributed by atoms with Gasteiger partial charge in [0.1, 0.15) is 6.10 Å². The van der Waals surface area contributed by atoms with Crippen LogP contribution in [0.4, 0.5) is 0 Å². The molecular formula is C13H15N5OS2. The van der Waals surface area contributed by atoms with Gasteiger partial charge in [0.2, 0.25) is 4.96 Å². The van der Waals surface area contributed by atoms with Crippen LogP contribution in [0.2, 0.25) is 0 Å². The largest absolute Gasteiger partial charge is 0.370 e. The van der Waals surface area contributed by atoms with E-state index in [0.717, 1.165) is 45.9 Å². The fraction of sp³-hybridized carbons (Fsp3) is 0.538. The maximum absolute atomic E-state index is 5.68. The highest BCUT2D eigenvalue weighted by atomic mass is 32.1. The molecule has 0 aromatic carbocycles. The van der Waals surface area contributed by atoms with E-state index in [1.165, 1.54) is 11.3 Å². The number of ether oxygens (including phenoxy) is 1. The van der Waals surface area contributed by atoms with Crippen molar-refractivity contribution < 1.29 is 4.74 Å². The van der Waals surface area contributed by atoms with Crippen LogP contribution in [-0.4, -0.2) is 31.4 Å². The summed E-state index contributed by atoms with van der Waals surface area (Å²) in [5.74, 6) is 1.24. The summed E-state index contributed by atoms with van der Waals surface area (Å²) in [7, 11) is 0. The van der Waals surface area contributed by atoms with Crippen molar-refractivity contribution in [2.75, 3.05) is 6.61 Å². The molecule has 8 heteroatoms. The number of rotatable bonds is 3. The molecule has 0 aliphatic carbocycles. The predicted octanol–water partition coefficient (Wildman–Crippen LogP) is 3.28. The number of thiazole rings is 1. The van der Waals surface area contributed by atoms with E-state index in [0.29, 0.717) is 5.92 Å². The molecule has 1 aliphatic rings. The number of nitrogens with zero attached hydrogens (tertiary/aromatic N) is 5. The predicted molar refractivity (Wildman–Crippen MR) is 81.8 cm³/mol. The zero-order chi connectivity index (χ0) is 14.4. The van der Waals surface area contributed by atoms with E-state index in [1.54, 1.807) is 11.3 Å². The highest BCUT2D eigenvalue weighted by Gasteiger charge is 2.25. The summed E-state index contributed by atoms with van der Waals surface area (Å²) in [6.45, 7) is 5.08. The maximum Gasteiger partial charge on any atom is 0.235 e. The third-order valence-electron chi connectivity index (χ3n) is 3.53. The number of hydrogen-bond acceptors (Lipinski definition) is 7. The molecule has 0 bridgehead atoms. The van der Waals surface area contributed by atoms with E-state index in [9.17, 15) is 0 Å². The van der Waals surface area contributed by atoms with E-state index < -0.39 is 0 Å². The number of fused-ring (bicyclic) bond motifs is 1. The van der Waals surface area contributed by atoms with Crippen LogP contribution in [0, 0.1) is 0 Å². The van der Waals surface area contributed by atoms with Gasteiger partial charge in [-0.15, -0.1) is 21.5 Å². The molecule has 0 radical (unpaired) electrons. The van der Waals surface area contributed by atoms with Crippen LogP contribution < -0.4 is 0 Å². The fourth-order valence-electron chi connectivity index (χ4n) is 2.35. The van der Waals surface area contributed by atoms with Crippen molar-refractivity contribution >= 4 is 27.6 Å². The lowest BCUT2D eigenvalue weighted by Crippen LogP contribution is -2.03. The molecule has 4 rings (SSSR count). The average Bonchev–Trinajstić information content (AvgIpc) is 3.21. The zero-order valence-electron chi connectivity index (χ0n) is 11.8. The second-order valence-corrected chi connectivity index (χ2v) is 7.21. The van der Waals surface area contributed by atoms with Crippen LogP contribution in [0.5, 0.6) is 0 Å². The van der Waals surface area contributed by atoms with Crippen molar-refractivity contribution in [2.45, 2.75) is 38.7 Å². The van der Waals surface area contributed by atoms with Crippen molar-refractivity contribution in [2.24, 2.45) is 0 Å². The lowest BCUT2D eigenvalue weighted by molar-refractivity contribution is 0.103. The molecule has 1 atom stereocenters. The van der Waals surface area contributed by atoms with Crippen molar-refractivity contribution in [3.8, 4) is 10.0 Å². The first-order chi connectivity index (χ1) is 10.2. The van der Waals surface area contributed by atoms with Crippen molar-refractivity contribution in [1.82, 2.24) is 24.8 Å². The summed E-state index contributed by atoms with van der Waals surface area (Å²) in [5, 5.41) is 17.0. The van der Waals surface area contributed by atoms with Gasteiger partial charge in [-0.1, -0.05) is 25.2 Å². The Labute approximate surface area is 129 Å². The van der Waals surface area contributed by atoms with Gasteiger partial charge in [-0.3, -0.25) is 0 Å². The highest BCUT2D eigenvalue weighted by molar-refractivity contribution is 7.23. The molecule has 1 fully saturated rings. The molecule has 0 amide bonds. The Morgan fingerprint density at radius 3 is 2.95 bits per heavy atom. The van der Waals surface area contributed by atoms with E-state index in [2.05, 4.69) is 39.5 Å². The molecule has 0 N–H and O–H groups in total. The smallest absolute Gasteiger partial charge is 0.235 e. The minimum atomic E-state index is 0.0254. The molecule has 3 aromatic rings. The van der Waals surface area contributed by atoms with Crippen molar-refractivity contribution in [3.05, 3.63) is 16.9 Å². The van der Waals surface area contributed by atoms with Crippen LogP contribution in [0.25, 0.3) is 15.0 Å². The molecule has 0 spiro atoms. The first kappa shape index (κ1) is 13.3. The van der Waals surface area contributed by atoms with Gasteiger partial charge in [-0.2, -0.15) is 9.61 Å². The van der Waals surface area contributed by atoms with Crippen LogP contribution in [0.1, 0.15) is 50.2 Å². The molecular weight excluding hydrogens is 306 g/mol. The van der Waals surface area contributed by atoms with E-state index in [4.69, 9.17) is 4.74 Å². The van der Waals surface area contributed by atoms with Gasteiger partial charge >= 0.3 is 0 Å². The third kappa shape index (κ3) is 2.27. The molecule has 21 heavy (non-hydrogen) atoms. The second kappa shape index (κ2) is 5.11. The molecule has 1 aliphatic heterocycles. The summed E-state index contributed by atoms with van der Waals surface area (Å²) in [5.41, 5.74) is 1.11. The minimum Gasteiger partial charge on any atom is -0.370 e. The first-order valence-corrected chi connectivity index (χ1v) is 8.71. The van der Waals surface area contributed by atoms with Crippen LogP contribution in [0.15, 0.2) is 5.38 Å². The Morgan fingerprint density at radius 2 is 2.24 bits per heavy atom. The van der Waals surface area contributed by atoms with Gasteiger partial charge in [0.25, 0.3) is 0 Å². The lowest BCUT2D eigenvalue weighted by Gasteiger charge is -2.03. The Morgan fingerprint density at radius 1 is 1.33 bits per heavy atom. The van der Waals surface area contributed by atoms with Gasteiger partial charge in [0.15, 0.2) is 15.8 Å². The SMILES string of the molecule is CC(C)c1csc(-c2nn3c([C@H]4CCCO4)nnc3s2)n1. The van der Waals surface area contributed by atoms with Crippen LogP contribution >= 0.6 is 22.7 Å². The lowest BCUT2D eigenvalue weighted by atomic mass is 10.2. The Kier molecular flexibility index (Phi) is 3.24. The summed E-state index contributed by atoms with van der Waals surface area (Å²) >= 11 is 3.16. The van der Waals surface area contributed by atoms with Gasteiger partial charge in [-0.25, -0.2) is 4.98 Å². The molecule has 6 nitrogen and oxygen atoms in total. The second-order valence-electron chi connectivity index (χ2n) is 5.39. The molecule has 110 valence electrons. The van der Waals surface area contributed by atoms with Gasteiger partial charge in [0, 0.05) is 12.0 Å². The normalized spacial score (nSPS) is 19.1. The van der Waals surface area contributed by atoms with E-state index >= 15 is 0 Å². The van der Waals surface area contributed by atoms with Crippen LogP contribution in [-0.2, 0) is 4.74 Å². The molecule has 0 unspecified atom stereocenters. The Hall–Kier alpha value is -1.38. The quantitative estimate of drug-likeness (QED) is 0.740. The maximum atomic E-state index is 5.68. The number of aromatic nitrogens is 5. The highest BCUT2D eigenvalue weighted by Crippen LogP contribution is 2.33. The summed E-state index contributed by atoms with van der Waals surface area (Å²) < 4.78 is 7.50. The van der Waals surface area contributed by atoms with E-state index in [1.807, 2.05) is 4.52 Å². The summed E-state index contributed by atoms with van der Waals surface area (Å²) in [4.78, 5) is 5.46. The van der Waals surface area contributed by atoms with E-state index in [-0.39, 0.29) is 6.10 Å². The van der Waals surface area contributed by atoms with Crippen molar-refractivity contribution in [1.29, 1.82) is 0 Å². The van der Waals surface area contributed by atoms with Crippen LogP contribution in [0.3, 0.4) is 0 Å².